The van der Waals surface area contributed by atoms with Crippen molar-refractivity contribution in [3.8, 4) is 0 Å². The minimum absolute atomic E-state index is 0.00530. The summed E-state index contributed by atoms with van der Waals surface area (Å²) in [5.74, 6) is -0.515. The zero-order chi connectivity index (χ0) is 15.1. The molecule has 1 aromatic rings. The Kier molecular flexibility index (Phi) is 5.52. The summed E-state index contributed by atoms with van der Waals surface area (Å²) in [4.78, 5) is 24.8. The molecule has 7 nitrogen and oxygen atoms in total. The first-order chi connectivity index (χ1) is 9.49. The molecule has 0 aromatic heterocycles. The summed E-state index contributed by atoms with van der Waals surface area (Å²) in [6.07, 6.45) is 0. The van der Waals surface area contributed by atoms with Gasteiger partial charge in [-0.25, -0.2) is 0 Å². The van der Waals surface area contributed by atoms with E-state index in [0.717, 1.165) is 0 Å². The van der Waals surface area contributed by atoms with E-state index in [-0.39, 0.29) is 24.2 Å². The van der Waals surface area contributed by atoms with Gasteiger partial charge in [-0.05, 0) is 19.1 Å². The van der Waals surface area contributed by atoms with Crippen LogP contribution in [0.5, 0.6) is 0 Å². The lowest BCUT2D eigenvalue weighted by Crippen LogP contribution is -2.38. The largest absolute Gasteiger partial charge is 0.409 e. The van der Waals surface area contributed by atoms with E-state index in [2.05, 4.69) is 10.5 Å². The van der Waals surface area contributed by atoms with Crippen LogP contribution in [0.25, 0.3) is 0 Å². The van der Waals surface area contributed by atoms with E-state index < -0.39 is 0 Å². The number of hydrogen-bond acceptors (Lipinski definition) is 4. The smallest absolute Gasteiger partial charge is 0.254 e. The van der Waals surface area contributed by atoms with Crippen LogP contribution >= 0.6 is 0 Å². The molecular weight excluding hydrogens is 260 g/mol. The van der Waals surface area contributed by atoms with E-state index in [1.165, 1.54) is 4.90 Å². The third-order valence-corrected chi connectivity index (χ3v) is 2.64. The van der Waals surface area contributed by atoms with Crippen molar-refractivity contribution in [2.45, 2.75) is 6.92 Å². The van der Waals surface area contributed by atoms with Crippen molar-refractivity contribution in [2.24, 2.45) is 10.9 Å². The number of amides is 2. The molecule has 0 heterocycles. The molecule has 0 bridgehead atoms. The molecule has 4 N–H and O–H groups in total. The van der Waals surface area contributed by atoms with Gasteiger partial charge in [-0.2, -0.15) is 0 Å². The number of rotatable bonds is 5. The molecule has 20 heavy (non-hydrogen) atoms. The number of hydrogen-bond donors (Lipinski definition) is 3. The van der Waals surface area contributed by atoms with Crippen LogP contribution in [0.15, 0.2) is 29.4 Å². The minimum Gasteiger partial charge on any atom is -0.409 e. The Bertz CT molecular complexity index is 511. The molecule has 0 atom stereocenters. The van der Waals surface area contributed by atoms with Gasteiger partial charge in [0.25, 0.3) is 5.91 Å². The number of carbonyl (C=O) groups is 2. The van der Waals surface area contributed by atoms with Crippen molar-refractivity contribution in [1.29, 1.82) is 0 Å². The van der Waals surface area contributed by atoms with Crippen LogP contribution in [0.3, 0.4) is 0 Å². The van der Waals surface area contributed by atoms with Gasteiger partial charge in [0.15, 0.2) is 5.84 Å². The number of amidine groups is 1. The van der Waals surface area contributed by atoms with Crippen LogP contribution in [-0.4, -0.2) is 47.9 Å². The maximum Gasteiger partial charge on any atom is 0.254 e. The first kappa shape index (κ1) is 15.5. The van der Waals surface area contributed by atoms with Gasteiger partial charge in [0.2, 0.25) is 5.91 Å². The highest BCUT2D eigenvalue weighted by atomic mass is 16.4. The van der Waals surface area contributed by atoms with Crippen molar-refractivity contribution < 1.29 is 14.8 Å². The first-order valence-electron chi connectivity index (χ1n) is 6.09. The van der Waals surface area contributed by atoms with Crippen LogP contribution in [0.4, 0.5) is 0 Å². The maximum atomic E-state index is 12.1. The summed E-state index contributed by atoms with van der Waals surface area (Å²) in [6, 6.07) is 6.26. The quantitative estimate of drug-likeness (QED) is 0.304. The van der Waals surface area contributed by atoms with Gasteiger partial charge in [-0.3, -0.25) is 9.59 Å². The zero-order valence-corrected chi connectivity index (χ0v) is 11.5. The summed E-state index contributed by atoms with van der Waals surface area (Å²) in [5, 5.41) is 14.0. The fourth-order valence-electron chi connectivity index (χ4n) is 1.60. The van der Waals surface area contributed by atoms with Gasteiger partial charge in [-0.1, -0.05) is 17.3 Å². The van der Waals surface area contributed by atoms with E-state index in [1.807, 2.05) is 6.92 Å². The molecule has 1 rings (SSSR count). The molecule has 0 spiro atoms. The number of oxime groups is 1. The highest BCUT2D eigenvalue weighted by Gasteiger charge is 2.14. The van der Waals surface area contributed by atoms with Crippen LogP contribution in [-0.2, 0) is 4.79 Å². The van der Waals surface area contributed by atoms with E-state index in [1.54, 1.807) is 31.3 Å². The van der Waals surface area contributed by atoms with Gasteiger partial charge in [-0.15, -0.1) is 0 Å². The summed E-state index contributed by atoms with van der Waals surface area (Å²) < 4.78 is 0. The Balaban J connectivity index is 2.74. The first-order valence-corrected chi connectivity index (χ1v) is 6.09. The van der Waals surface area contributed by atoms with E-state index in [0.29, 0.717) is 17.7 Å². The predicted molar refractivity (Wildman–Crippen MR) is 74.6 cm³/mol. The Morgan fingerprint density at radius 1 is 1.30 bits per heavy atom. The monoisotopic (exact) mass is 278 g/mol. The number of carbonyl (C=O) groups excluding carboxylic acids is 2. The van der Waals surface area contributed by atoms with Crippen LogP contribution in [0.1, 0.15) is 22.8 Å². The van der Waals surface area contributed by atoms with Crippen LogP contribution in [0, 0.1) is 0 Å². The molecule has 0 fully saturated rings. The highest BCUT2D eigenvalue weighted by molar-refractivity contribution is 6.00. The van der Waals surface area contributed by atoms with E-state index >= 15 is 0 Å². The Labute approximate surface area is 117 Å². The lowest BCUT2D eigenvalue weighted by atomic mass is 10.1. The maximum absolute atomic E-state index is 12.1. The molecule has 0 saturated carbocycles. The topological polar surface area (TPSA) is 108 Å². The number of nitrogens with two attached hydrogens (primary N) is 1. The Hall–Kier alpha value is -2.57. The average molecular weight is 278 g/mol. The molecule has 0 aliphatic carbocycles. The van der Waals surface area contributed by atoms with Crippen LogP contribution < -0.4 is 11.1 Å². The van der Waals surface area contributed by atoms with Crippen molar-refractivity contribution in [3.05, 3.63) is 35.4 Å². The van der Waals surface area contributed by atoms with Crippen molar-refractivity contribution >= 4 is 17.6 Å². The van der Waals surface area contributed by atoms with Gasteiger partial charge >= 0.3 is 0 Å². The summed E-state index contributed by atoms with van der Waals surface area (Å²) in [7, 11) is 1.55. The summed E-state index contributed by atoms with van der Waals surface area (Å²) in [5.41, 5.74) is 6.36. The SMILES string of the molecule is CCNC(=O)CN(C)C(=O)c1ccc(C(N)=NO)cc1. The molecular formula is C13H18N4O3. The van der Waals surface area contributed by atoms with E-state index in [4.69, 9.17) is 10.9 Å². The Morgan fingerprint density at radius 2 is 1.85 bits per heavy atom. The normalized spacial score (nSPS) is 11.0. The summed E-state index contributed by atoms with van der Waals surface area (Å²) in [6.45, 7) is 2.33. The molecule has 7 heteroatoms. The molecule has 0 aliphatic heterocycles. The Morgan fingerprint density at radius 3 is 2.35 bits per heavy atom. The van der Waals surface area contributed by atoms with Crippen molar-refractivity contribution in [1.82, 2.24) is 10.2 Å². The molecule has 108 valence electrons. The molecule has 0 radical (unpaired) electrons. The third-order valence-electron chi connectivity index (χ3n) is 2.64. The number of nitrogens with one attached hydrogen (secondary N) is 1. The van der Waals surface area contributed by atoms with Crippen molar-refractivity contribution in [2.75, 3.05) is 20.1 Å². The fraction of sp³-hybridized carbons (Fsp3) is 0.308. The van der Waals surface area contributed by atoms with Gasteiger partial charge in [0.05, 0.1) is 6.54 Å². The minimum atomic E-state index is -0.276. The lowest BCUT2D eigenvalue weighted by molar-refractivity contribution is -0.121. The molecule has 0 aliphatic rings. The predicted octanol–water partition coefficient (Wildman–Crippen LogP) is -0.0108. The summed E-state index contributed by atoms with van der Waals surface area (Å²) >= 11 is 0. The van der Waals surface area contributed by atoms with Gasteiger partial charge < -0.3 is 21.2 Å². The van der Waals surface area contributed by atoms with Crippen molar-refractivity contribution in [3.63, 3.8) is 0 Å². The average Bonchev–Trinajstić information content (AvgIpc) is 2.46. The highest BCUT2D eigenvalue weighted by Crippen LogP contribution is 2.07. The van der Waals surface area contributed by atoms with Gasteiger partial charge in [0.1, 0.15) is 0 Å². The zero-order valence-electron chi connectivity index (χ0n) is 11.5. The third kappa shape index (κ3) is 3.98. The molecule has 1 aromatic carbocycles. The second-order valence-electron chi connectivity index (χ2n) is 4.18. The standard InChI is InChI=1S/C13H18N4O3/c1-3-15-11(18)8-17(2)13(19)10-6-4-9(5-7-10)12(14)16-20/h4-7,20H,3,8H2,1-2H3,(H2,14,16)(H,15,18). The lowest BCUT2D eigenvalue weighted by Gasteiger charge is -2.16. The molecule has 0 saturated heterocycles. The molecule has 2 amide bonds. The number of benzene rings is 1. The van der Waals surface area contributed by atoms with Crippen LogP contribution in [0.2, 0.25) is 0 Å². The second-order valence-corrected chi connectivity index (χ2v) is 4.18. The van der Waals surface area contributed by atoms with E-state index in [9.17, 15) is 9.59 Å². The number of likely N-dealkylation sites (N-methyl/N-ethyl adjacent to an activating group) is 2. The fourth-order valence-corrected chi connectivity index (χ4v) is 1.60. The second kappa shape index (κ2) is 7.13. The molecule has 0 unspecified atom stereocenters. The number of nitrogens with zero attached hydrogens (tertiary/aromatic N) is 2. The van der Waals surface area contributed by atoms with Gasteiger partial charge in [0, 0.05) is 24.7 Å².